The maximum absolute atomic E-state index is 12.5. The molecule has 1 heterocycles. The van der Waals surface area contributed by atoms with Gasteiger partial charge in [-0.2, -0.15) is 0 Å². The number of likely N-dealkylation sites (tertiary alicyclic amines) is 1. The van der Waals surface area contributed by atoms with Gasteiger partial charge in [0.05, 0.1) is 12.4 Å². The number of anilines is 1. The maximum atomic E-state index is 12.5. The number of imide groups is 1. The maximum Gasteiger partial charge on any atom is 0.252 e. The lowest BCUT2D eigenvalue weighted by molar-refractivity contribution is -0.255. The van der Waals surface area contributed by atoms with Gasteiger partial charge in [0.15, 0.2) is 0 Å². The van der Waals surface area contributed by atoms with Gasteiger partial charge >= 0.3 is 0 Å². The fraction of sp³-hybridized carbons (Fsp3) is 0.211. The van der Waals surface area contributed by atoms with Crippen LogP contribution in [0.2, 0.25) is 0 Å². The van der Waals surface area contributed by atoms with Crippen molar-refractivity contribution in [1.29, 1.82) is 0 Å². The topological polar surface area (TPSA) is 89.5 Å². The molecule has 1 aliphatic heterocycles. The summed E-state index contributed by atoms with van der Waals surface area (Å²) in [5.74, 6) is -1.72. The van der Waals surface area contributed by atoms with Crippen LogP contribution in [0.4, 0.5) is 5.69 Å². The van der Waals surface area contributed by atoms with E-state index in [1.54, 1.807) is 12.1 Å². The van der Waals surface area contributed by atoms with E-state index in [1.807, 2.05) is 30.3 Å². The molecule has 0 unspecified atom stereocenters. The number of amides is 2. The van der Waals surface area contributed by atoms with Crippen LogP contribution < -0.4 is 10.4 Å². The molecule has 0 aliphatic carbocycles. The first-order valence-corrected chi connectivity index (χ1v) is 8.00. The summed E-state index contributed by atoms with van der Waals surface area (Å²) in [5.41, 5.74) is 1.71. The van der Waals surface area contributed by atoms with E-state index in [2.05, 4.69) is 5.32 Å². The largest absolute Gasteiger partial charge is 0.545 e. The van der Waals surface area contributed by atoms with Crippen LogP contribution in [0.25, 0.3) is 0 Å². The van der Waals surface area contributed by atoms with Gasteiger partial charge in [0, 0.05) is 12.2 Å². The second kappa shape index (κ2) is 7.17. The number of carbonyl (C=O) groups excluding carboxylic acids is 3. The molecular formula is C19H17N2O4-. The van der Waals surface area contributed by atoms with E-state index in [0.717, 1.165) is 5.56 Å². The van der Waals surface area contributed by atoms with Crippen LogP contribution >= 0.6 is 0 Å². The minimum atomic E-state index is -1.26. The van der Waals surface area contributed by atoms with E-state index in [1.165, 1.54) is 17.0 Å². The number of benzene rings is 2. The first kappa shape index (κ1) is 16.7. The number of rotatable bonds is 6. The number of nitrogens with zero attached hydrogens (tertiary/aromatic N) is 1. The van der Waals surface area contributed by atoms with E-state index in [9.17, 15) is 19.5 Å². The molecule has 0 radical (unpaired) electrons. The zero-order valence-corrected chi connectivity index (χ0v) is 13.5. The van der Waals surface area contributed by atoms with Crippen molar-refractivity contribution in [2.75, 3.05) is 11.9 Å². The Labute approximate surface area is 145 Å². The summed E-state index contributed by atoms with van der Waals surface area (Å²) < 4.78 is 0. The van der Waals surface area contributed by atoms with Crippen molar-refractivity contribution < 1.29 is 19.5 Å². The van der Waals surface area contributed by atoms with Crippen molar-refractivity contribution in [3.8, 4) is 0 Å². The van der Waals surface area contributed by atoms with E-state index in [4.69, 9.17) is 0 Å². The fourth-order valence-corrected chi connectivity index (χ4v) is 2.82. The van der Waals surface area contributed by atoms with Crippen LogP contribution in [0, 0.1) is 0 Å². The molecule has 6 nitrogen and oxygen atoms in total. The molecule has 25 heavy (non-hydrogen) atoms. The number of carboxylic acids is 1. The summed E-state index contributed by atoms with van der Waals surface area (Å²) >= 11 is 0. The van der Waals surface area contributed by atoms with Crippen molar-refractivity contribution in [3.05, 3.63) is 65.7 Å². The predicted octanol–water partition coefficient (Wildman–Crippen LogP) is 0.832. The van der Waals surface area contributed by atoms with Gasteiger partial charge in [0.2, 0.25) is 5.91 Å². The van der Waals surface area contributed by atoms with E-state index in [-0.39, 0.29) is 23.8 Å². The number of carboxylic acid groups (broad SMARTS) is 1. The van der Waals surface area contributed by atoms with Gasteiger partial charge in [-0.25, -0.2) is 0 Å². The Morgan fingerprint density at radius 2 is 1.76 bits per heavy atom. The standard InChI is InChI=1S/C19H18N2O4/c22-17-12-16(20-15-8-6-14(7-9-15)19(24)25)18(23)21(17)11-10-13-4-2-1-3-5-13/h1-9,16,20H,10-12H2,(H,24,25)/p-1/t16-/m0/s1. The van der Waals surface area contributed by atoms with Crippen molar-refractivity contribution in [1.82, 2.24) is 4.90 Å². The van der Waals surface area contributed by atoms with Gasteiger partial charge < -0.3 is 15.2 Å². The third-order valence-corrected chi connectivity index (χ3v) is 4.17. The quantitative estimate of drug-likeness (QED) is 0.789. The normalized spacial score (nSPS) is 17.0. The molecule has 0 bridgehead atoms. The Morgan fingerprint density at radius 3 is 2.40 bits per heavy atom. The average molecular weight is 337 g/mol. The van der Waals surface area contributed by atoms with Gasteiger partial charge in [-0.15, -0.1) is 0 Å². The number of hydrogen-bond donors (Lipinski definition) is 1. The van der Waals surface area contributed by atoms with Gasteiger partial charge in [-0.1, -0.05) is 42.5 Å². The smallest absolute Gasteiger partial charge is 0.252 e. The SMILES string of the molecule is O=C([O-])c1ccc(N[C@H]2CC(=O)N(CCc3ccccc3)C2=O)cc1. The molecule has 1 saturated heterocycles. The molecule has 128 valence electrons. The monoisotopic (exact) mass is 337 g/mol. The number of nitrogens with one attached hydrogen (secondary N) is 1. The summed E-state index contributed by atoms with van der Waals surface area (Å²) in [4.78, 5) is 36.6. The lowest BCUT2D eigenvalue weighted by atomic mass is 10.1. The molecular weight excluding hydrogens is 320 g/mol. The minimum absolute atomic E-state index is 0.0591. The van der Waals surface area contributed by atoms with Crippen LogP contribution in [0.5, 0.6) is 0 Å². The molecule has 2 aromatic rings. The Morgan fingerprint density at radius 1 is 1.08 bits per heavy atom. The molecule has 6 heteroatoms. The number of aromatic carboxylic acids is 1. The summed E-state index contributed by atoms with van der Waals surface area (Å²) in [6.07, 6.45) is 0.710. The van der Waals surface area contributed by atoms with E-state index < -0.39 is 12.0 Å². The van der Waals surface area contributed by atoms with E-state index >= 15 is 0 Å². The fourth-order valence-electron chi connectivity index (χ4n) is 2.82. The van der Waals surface area contributed by atoms with Crippen LogP contribution in [0.1, 0.15) is 22.3 Å². The molecule has 0 aromatic heterocycles. The van der Waals surface area contributed by atoms with Gasteiger partial charge in [0.25, 0.3) is 5.91 Å². The lowest BCUT2D eigenvalue weighted by Gasteiger charge is -2.16. The molecule has 2 aromatic carbocycles. The van der Waals surface area contributed by atoms with Crippen molar-refractivity contribution >= 4 is 23.5 Å². The summed E-state index contributed by atoms with van der Waals surface area (Å²) in [7, 11) is 0. The predicted molar refractivity (Wildman–Crippen MR) is 89.7 cm³/mol. The molecule has 0 spiro atoms. The van der Waals surface area contributed by atoms with E-state index in [0.29, 0.717) is 18.7 Å². The molecule has 2 amide bonds. The molecule has 3 rings (SSSR count). The second-order valence-electron chi connectivity index (χ2n) is 5.89. The average Bonchev–Trinajstić information content (AvgIpc) is 2.88. The van der Waals surface area contributed by atoms with Crippen LogP contribution in [0.3, 0.4) is 0 Å². The third-order valence-electron chi connectivity index (χ3n) is 4.17. The summed E-state index contributed by atoms with van der Waals surface area (Å²) in [6, 6.07) is 14.9. The Hall–Kier alpha value is -3.15. The van der Waals surface area contributed by atoms with Crippen LogP contribution in [-0.2, 0) is 16.0 Å². The zero-order chi connectivity index (χ0) is 17.8. The number of hydrogen-bond acceptors (Lipinski definition) is 5. The first-order chi connectivity index (χ1) is 12.0. The highest BCUT2D eigenvalue weighted by Crippen LogP contribution is 2.19. The summed E-state index contributed by atoms with van der Waals surface area (Å²) in [6.45, 7) is 0.351. The lowest BCUT2D eigenvalue weighted by Crippen LogP contribution is -2.36. The van der Waals surface area contributed by atoms with Crippen molar-refractivity contribution in [2.45, 2.75) is 18.9 Å². The third kappa shape index (κ3) is 3.85. The molecule has 0 saturated carbocycles. The molecule has 1 fully saturated rings. The number of carbonyl (C=O) groups is 3. The van der Waals surface area contributed by atoms with Gasteiger partial charge in [0.1, 0.15) is 6.04 Å². The van der Waals surface area contributed by atoms with Crippen molar-refractivity contribution in [2.24, 2.45) is 0 Å². The minimum Gasteiger partial charge on any atom is -0.545 e. The zero-order valence-electron chi connectivity index (χ0n) is 13.5. The highest BCUT2D eigenvalue weighted by Gasteiger charge is 2.38. The Kier molecular flexibility index (Phi) is 4.79. The van der Waals surface area contributed by atoms with Crippen LogP contribution in [0.15, 0.2) is 54.6 Å². The van der Waals surface area contributed by atoms with Crippen molar-refractivity contribution in [3.63, 3.8) is 0 Å². The second-order valence-corrected chi connectivity index (χ2v) is 5.89. The summed E-state index contributed by atoms with van der Waals surface area (Å²) in [5, 5.41) is 13.7. The highest BCUT2D eigenvalue weighted by molar-refractivity contribution is 6.06. The molecule has 1 aliphatic rings. The van der Waals surface area contributed by atoms with Gasteiger partial charge in [-0.3, -0.25) is 14.5 Å². The van der Waals surface area contributed by atoms with Crippen LogP contribution in [-0.4, -0.2) is 35.3 Å². The first-order valence-electron chi connectivity index (χ1n) is 8.00. The highest BCUT2D eigenvalue weighted by atomic mass is 16.4. The Balaban J connectivity index is 1.61. The van der Waals surface area contributed by atoms with Gasteiger partial charge in [-0.05, 0) is 29.7 Å². The molecule has 1 atom stereocenters. The molecule has 1 N–H and O–H groups in total. The Bertz CT molecular complexity index is 787.